The van der Waals surface area contributed by atoms with Gasteiger partial charge in [0, 0.05) is 6.92 Å². The highest BCUT2D eigenvalue weighted by atomic mass is 16.5. The first-order chi connectivity index (χ1) is 4.43. The molecule has 0 heterocycles. The van der Waals surface area contributed by atoms with Crippen molar-refractivity contribution in [2.24, 2.45) is 0 Å². The number of rotatable bonds is 2. The van der Waals surface area contributed by atoms with Gasteiger partial charge in [-0.1, -0.05) is 18.2 Å². The molecule has 9 heavy (non-hydrogen) atoms. The average molecular weight is 120 g/mol. The van der Waals surface area contributed by atoms with Gasteiger partial charge in [-0.2, -0.15) is 0 Å². The Balaban J connectivity index is 2.61. The van der Waals surface area contributed by atoms with E-state index in [-0.39, 0.29) is 6.61 Å². The van der Waals surface area contributed by atoms with Crippen molar-refractivity contribution in [2.45, 2.75) is 0 Å². The maximum atomic E-state index is 5.14. The summed E-state index contributed by atoms with van der Waals surface area (Å²) in [7, 11) is 0. The molecular weight excluding hydrogens is 112 g/mol. The Labute approximate surface area is 55.3 Å². The highest BCUT2D eigenvalue weighted by Gasteiger charge is 1.83. The molecule has 1 nitrogen and oxygen atoms in total. The maximum absolute atomic E-state index is 5.14. The maximum Gasteiger partial charge on any atom is 0.119 e. The van der Waals surface area contributed by atoms with Crippen LogP contribution in [-0.4, -0.2) is 6.61 Å². The molecule has 1 aromatic rings. The Kier molecular flexibility index (Phi) is 2.13. The van der Waals surface area contributed by atoms with Crippen LogP contribution in [0.15, 0.2) is 30.3 Å². The minimum atomic E-state index is 0.240. The summed E-state index contributed by atoms with van der Waals surface area (Å²) in [4.78, 5) is 0. The fourth-order valence-electron chi connectivity index (χ4n) is 0.613. The lowest BCUT2D eigenvalue weighted by atomic mass is 10.3. The van der Waals surface area contributed by atoms with Crippen molar-refractivity contribution >= 4 is 0 Å². The highest BCUT2D eigenvalue weighted by molar-refractivity contribution is 5.20. The van der Waals surface area contributed by atoms with Crippen molar-refractivity contribution < 1.29 is 4.74 Å². The van der Waals surface area contributed by atoms with Crippen molar-refractivity contribution in [3.05, 3.63) is 37.3 Å². The lowest BCUT2D eigenvalue weighted by Crippen LogP contribution is -1.89. The number of ether oxygens (including phenoxy) is 1. The standard InChI is InChI=1S/C8H8O/c1-2-9-8-6-4-3-5-7-8/h1,3-7H,2H2. The normalized spacial score (nSPS) is 9.00. The number of benzene rings is 1. The summed E-state index contributed by atoms with van der Waals surface area (Å²) in [5.41, 5.74) is 0. The molecule has 0 saturated carbocycles. The molecule has 0 N–H and O–H groups in total. The van der Waals surface area contributed by atoms with Crippen LogP contribution in [0.2, 0.25) is 0 Å². The first kappa shape index (κ1) is 6.14. The van der Waals surface area contributed by atoms with E-state index in [2.05, 4.69) is 0 Å². The van der Waals surface area contributed by atoms with E-state index in [1.165, 1.54) is 0 Å². The van der Waals surface area contributed by atoms with Gasteiger partial charge in [0.05, 0.1) is 6.61 Å². The molecule has 46 valence electrons. The van der Waals surface area contributed by atoms with Gasteiger partial charge in [0.2, 0.25) is 0 Å². The topological polar surface area (TPSA) is 9.23 Å². The molecule has 0 fully saturated rings. The molecule has 0 aromatic heterocycles. The Hall–Kier alpha value is -0.980. The fourth-order valence-corrected chi connectivity index (χ4v) is 0.613. The summed E-state index contributed by atoms with van der Waals surface area (Å²) in [6.07, 6.45) is 0. The molecule has 0 amide bonds. The van der Waals surface area contributed by atoms with Crippen molar-refractivity contribution in [1.82, 2.24) is 0 Å². The van der Waals surface area contributed by atoms with Gasteiger partial charge in [-0.25, -0.2) is 0 Å². The molecule has 0 saturated heterocycles. The molecule has 0 bridgehead atoms. The van der Waals surface area contributed by atoms with Gasteiger partial charge in [0.15, 0.2) is 0 Å². The molecule has 1 aromatic carbocycles. The van der Waals surface area contributed by atoms with E-state index in [1.54, 1.807) is 0 Å². The average Bonchev–Trinajstić information content (AvgIpc) is 1.91. The van der Waals surface area contributed by atoms with Gasteiger partial charge >= 0.3 is 0 Å². The van der Waals surface area contributed by atoms with Crippen LogP contribution in [-0.2, 0) is 0 Å². The third-order valence-corrected chi connectivity index (χ3v) is 0.993. The van der Waals surface area contributed by atoms with Crippen molar-refractivity contribution in [1.29, 1.82) is 0 Å². The predicted octanol–water partition coefficient (Wildman–Crippen LogP) is 1.78. The first-order valence-electron chi connectivity index (χ1n) is 2.81. The summed E-state index contributed by atoms with van der Waals surface area (Å²) in [5.74, 6) is 0.819. The summed E-state index contributed by atoms with van der Waals surface area (Å²) < 4.78 is 4.98. The van der Waals surface area contributed by atoms with Gasteiger partial charge in [0.25, 0.3) is 0 Å². The molecule has 0 aliphatic carbocycles. The number of para-hydroxylation sites is 1. The van der Waals surface area contributed by atoms with Gasteiger partial charge < -0.3 is 4.74 Å². The van der Waals surface area contributed by atoms with E-state index in [0.29, 0.717) is 0 Å². The van der Waals surface area contributed by atoms with Crippen molar-refractivity contribution in [2.75, 3.05) is 6.61 Å². The van der Waals surface area contributed by atoms with E-state index in [0.717, 1.165) is 5.75 Å². The first-order valence-corrected chi connectivity index (χ1v) is 2.81. The molecular formula is C8H8O. The van der Waals surface area contributed by atoms with E-state index < -0.39 is 0 Å². The summed E-state index contributed by atoms with van der Waals surface area (Å²) in [6.45, 7) is 5.38. The fraction of sp³-hybridized carbons (Fsp3) is 0.125. The second-order valence-electron chi connectivity index (χ2n) is 1.62. The molecule has 1 rings (SSSR count). The minimum absolute atomic E-state index is 0.240. The largest absolute Gasteiger partial charge is 0.493 e. The Bertz CT molecular complexity index is 157. The van der Waals surface area contributed by atoms with Crippen LogP contribution in [0.1, 0.15) is 0 Å². The lowest BCUT2D eigenvalue weighted by Gasteiger charge is -1.98. The molecule has 0 spiro atoms. The second kappa shape index (κ2) is 3.13. The number of hydrogen-bond donors (Lipinski definition) is 0. The molecule has 0 atom stereocenters. The van der Waals surface area contributed by atoms with Crippen LogP contribution in [0.3, 0.4) is 0 Å². The van der Waals surface area contributed by atoms with Crippen molar-refractivity contribution in [3.8, 4) is 5.75 Å². The zero-order valence-electron chi connectivity index (χ0n) is 5.08. The van der Waals surface area contributed by atoms with Crippen LogP contribution in [0, 0.1) is 6.92 Å². The van der Waals surface area contributed by atoms with Gasteiger partial charge in [0.1, 0.15) is 5.75 Å². The lowest BCUT2D eigenvalue weighted by molar-refractivity contribution is 0.361. The van der Waals surface area contributed by atoms with Crippen LogP contribution in [0.4, 0.5) is 0 Å². The van der Waals surface area contributed by atoms with E-state index in [9.17, 15) is 0 Å². The Morgan fingerprint density at radius 3 is 2.44 bits per heavy atom. The van der Waals surface area contributed by atoms with Crippen LogP contribution >= 0.6 is 0 Å². The third-order valence-electron chi connectivity index (χ3n) is 0.993. The molecule has 0 aliphatic rings. The van der Waals surface area contributed by atoms with Crippen LogP contribution in [0.25, 0.3) is 0 Å². The zero-order chi connectivity index (χ0) is 6.53. The quantitative estimate of drug-likeness (QED) is 0.578. The predicted molar refractivity (Wildman–Crippen MR) is 36.2 cm³/mol. The molecule has 2 radical (unpaired) electrons. The number of hydrogen-bond acceptors (Lipinski definition) is 1. The van der Waals surface area contributed by atoms with E-state index in [4.69, 9.17) is 11.7 Å². The second-order valence-corrected chi connectivity index (χ2v) is 1.62. The van der Waals surface area contributed by atoms with E-state index in [1.807, 2.05) is 30.3 Å². The van der Waals surface area contributed by atoms with E-state index >= 15 is 0 Å². The van der Waals surface area contributed by atoms with Gasteiger partial charge in [-0.15, -0.1) is 0 Å². The Morgan fingerprint density at radius 2 is 1.89 bits per heavy atom. The summed E-state index contributed by atoms with van der Waals surface area (Å²) in [6, 6.07) is 9.49. The smallest absolute Gasteiger partial charge is 0.119 e. The highest BCUT2D eigenvalue weighted by Crippen LogP contribution is 2.06. The minimum Gasteiger partial charge on any atom is -0.493 e. The van der Waals surface area contributed by atoms with Gasteiger partial charge in [-0.3, -0.25) is 0 Å². The van der Waals surface area contributed by atoms with Gasteiger partial charge in [-0.05, 0) is 12.1 Å². The SMILES string of the molecule is [CH]COc1ccccc1. The summed E-state index contributed by atoms with van der Waals surface area (Å²) in [5, 5.41) is 0. The van der Waals surface area contributed by atoms with Crippen LogP contribution < -0.4 is 4.74 Å². The molecule has 0 aliphatic heterocycles. The van der Waals surface area contributed by atoms with Crippen molar-refractivity contribution in [3.63, 3.8) is 0 Å². The third kappa shape index (κ3) is 1.76. The van der Waals surface area contributed by atoms with Crippen LogP contribution in [0.5, 0.6) is 5.75 Å². The molecule has 0 unspecified atom stereocenters. The zero-order valence-corrected chi connectivity index (χ0v) is 5.08. The monoisotopic (exact) mass is 120 g/mol. The Morgan fingerprint density at radius 1 is 1.22 bits per heavy atom. The molecule has 1 heteroatoms. The summed E-state index contributed by atoms with van der Waals surface area (Å²) >= 11 is 0.